The van der Waals surface area contributed by atoms with Crippen LogP contribution in [0.15, 0.2) is 36.4 Å². The monoisotopic (exact) mass is 331 g/mol. The highest BCUT2D eigenvalue weighted by Crippen LogP contribution is 2.10. The molecule has 1 heterocycles. The van der Waals surface area contributed by atoms with Crippen molar-refractivity contribution in [3.63, 3.8) is 0 Å². The highest BCUT2D eigenvalue weighted by molar-refractivity contribution is 5.91. The van der Waals surface area contributed by atoms with Gasteiger partial charge in [0.25, 0.3) is 0 Å². The van der Waals surface area contributed by atoms with Crippen LogP contribution in [0.2, 0.25) is 0 Å². The van der Waals surface area contributed by atoms with Crippen molar-refractivity contribution in [2.75, 3.05) is 37.8 Å². The Hall–Kier alpha value is -2.54. The second kappa shape index (κ2) is 8.93. The normalized spacial score (nSPS) is 10.7. The molecule has 0 aliphatic carbocycles. The number of halogens is 1. The van der Waals surface area contributed by atoms with E-state index in [1.54, 1.807) is 30.3 Å². The minimum Gasteiger partial charge on any atom is -0.369 e. The third kappa shape index (κ3) is 5.92. The maximum atomic E-state index is 13.5. The Morgan fingerprint density at radius 2 is 1.83 bits per heavy atom. The van der Waals surface area contributed by atoms with Gasteiger partial charge in [-0.25, -0.2) is 4.39 Å². The first-order valence-corrected chi connectivity index (χ1v) is 7.80. The third-order valence-corrected chi connectivity index (χ3v) is 3.33. The summed E-state index contributed by atoms with van der Waals surface area (Å²) >= 11 is 0. The number of rotatable bonds is 8. The van der Waals surface area contributed by atoms with Crippen LogP contribution in [0.25, 0.3) is 0 Å². The van der Waals surface area contributed by atoms with Crippen LogP contribution >= 0.6 is 0 Å². The molecule has 0 aliphatic heterocycles. The van der Waals surface area contributed by atoms with Gasteiger partial charge in [-0.1, -0.05) is 18.2 Å². The summed E-state index contributed by atoms with van der Waals surface area (Å²) in [6.07, 6.45) is 0.953. The van der Waals surface area contributed by atoms with Gasteiger partial charge in [0, 0.05) is 6.54 Å². The zero-order chi connectivity index (χ0) is 17.4. The zero-order valence-electron chi connectivity index (χ0n) is 13.9. The Morgan fingerprint density at radius 3 is 2.50 bits per heavy atom. The van der Waals surface area contributed by atoms with E-state index in [1.165, 1.54) is 6.07 Å². The number of nitrogens with zero attached hydrogens (tertiary/aromatic N) is 3. The van der Waals surface area contributed by atoms with E-state index in [2.05, 4.69) is 25.7 Å². The van der Waals surface area contributed by atoms with Crippen molar-refractivity contribution in [2.24, 2.45) is 0 Å². The van der Waals surface area contributed by atoms with Crippen LogP contribution < -0.4 is 10.6 Å². The Bertz CT molecular complexity index is 660. The summed E-state index contributed by atoms with van der Waals surface area (Å²) in [4.78, 5) is 14.0. The molecule has 1 aromatic heterocycles. The summed E-state index contributed by atoms with van der Waals surface area (Å²) in [6.45, 7) is 1.79. The Labute approximate surface area is 141 Å². The molecule has 7 heteroatoms. The second-order valence-electron chi connectivity index (χ2n) is 5.70. The maximum absolute atomic E-state index is 13.5. The molecule has 0 spiro atoms. The van der Waals surface area contributed by atoms with E-state index in [0.717, 1.165) is 19.5 Å². The zero-order valence-corrected chi connectivity index (χ0v) is 13.9. The number of carbonyl (C=O) groups excluding carboxylic acids is 1. The molecule has 0 atom stereocenters. The third-order valence-electron chi connectivity index (χ3n) is 3.33. The lowest BCUT2D eigenvalue weighted by Gasteiger charge is -2.10. The summed E-state index contributed by atoms with van der Waals surface area (Å²) in [5.74, 6) is 0.271. The molecule has 2 rings (SSSR count). The number of carbonyl (C=O) groups is 1. The molecule has 0 unspecified atom stereocenters. The molecule has 2 N–H and O–H groups in total. The molecule has 0 aliphatic rings. The number of nitrogens with one attached hydrogen (secondary N) is 2. The number of hydrogen-bond acceptors (Lipinski definition) is 5. The van der Waals surface area contributed by atoms with Crippen LogP contribution in [-0.4, -0.2) is 48.2 Å². The van der Waals surface area contributed by atoms with Gasteiger partial charge in [-0.05, 0) is 50.8 Å². The van der Waals surface area contributed by atoms with Crippen LogP contribution in [-0.2, 0) is 11.2 Å². The van der Waals surface area contributed by atoms with Gasteiger partial charge in [-0.3, -0.25) is 4.79 Å². The smallest absolute Gasteiger partial charge is 0.230 e. The van der Waals surface area contributed by atoms with Gasteiger partial charge < -0.3 is 15.5 Å². The summed E-state index contributed by atoms with van der Waals surface area (Å²) in [5, 5.41) is 13.7. The van der Waals surface area contributed by atoms with Crippen molar-refractivity contribution in [3.8, 4) is 0 Å². The van der Waals surface area contributed by atoms with E-state index in [9.17, 15) is 9.18 Å². The summed E-state index contributed by atoms with van der Waals surface area (Å²) < 4.78 is 13.5. The predicted molar refractivity (Wildman–Crippen MR) is 92.4 cm³/mol. The van der Waals surface area contributed by atoms with E-state index < -0.39 is 5.82 Å². The SMILES string of the molecule is CN(C)CCCNc1ccc(NC(=O)Cc2ccccc2F)nn1. The molecule has 0 saturated heterocycles. The van der Waals surface area contributed by atoms with Gasteiger partial charge in [-0.15, -0.1) is 10.2 Å². The quantitative estimate of drug-likeness (QED) is 0.726. The minimum absolute atomic E-state index is 0.0428. The van der Waals surface area contributed by atoms with E-state index in [4.69, 9.17) is 0 Å². The molecule has 0 radical (unpaired) electrons. The van der Waals surface area contributed by atoms with Crippen molar-refractivity contribution in [3.05, 3.63) is 47.8 Å². The van der Waals surface area contributed by atoms with E-state index >= 15 is 0 Å². The lowest BCUT2D eigenvalue weighted by atomic mass is 10.1. The van der Waals surface area contributed by atoms with Crippen LogP contribution in [0.5, 0.6) is 0 Å². The molecule has 1 aromatic carbocycles. The van der Waals surface area contributed by atoms with Gasteiger partial charge in [0.2, 0.25) is 5.91 Å². The highest BCUT2D eigenvalue weighted by atomic mass is 19.1. The highest BCUT2D eigenvalue weighted by Gasteiger charge is 2.08. The standard InChI is InChI=1S/C17H22FN5O/c1-23(2)11-5-10-19-15-8-9-16(22-21-15)20-17(24)12-13-6-3-4-7-14(13)18/h3-4,6-9H,5,10-12H2,1-2H3,(H,19,21)(H,20,22,24). The number of aromatic nitrogens is 2. The molecule has 6 nitrogen and oxygen atoms in total. The van der Waals surface area contributed by atoms with Crippen LogP contribution in [0.1, 0.15) is 12.0 Å². The number of hydrogen-bond donors (Lipinski definition) is 2. The number of anilines is 2. The second-order valence-corrected chi connectivity index (χ2v) is 5.70. The molecule has 0 saturated carbocycles. The largest absolute Gasteiger partial charge is 0.369 e. The molecule has 24 heavy (non-hydrogen) atoms. The maximum Gasteiger partial charge on any atom is 0.230 e. The van der Waals surface area contributed by atoms with Gasteiger partial charge in [0.1, 0.15) is 11.6 Å². The molecule has 0 bridgehead atoms. The topological polar surface area (TPSA) is 70.2 Å². The fourth-order valence-corrected chi connectivity index (χ4v) is 2.11. The molecule has 0 fully saturated rings. The predicted octanol–water partition coefficient (Wildman–Crippen LogP) is 2.16. The van der Waals surface area contributed by atoms with Gasteiger partial charge >= 0.3 is 0 Å². The van der Waals surface area contributed by atoms with E-state index in [1.807, 2.05) is 14.1 Å². The van der Waals surface area contributed by atoms with Crippen molar-refractivity contribution >= 4 is 17.5 Å². The van der Waals surface area contributed by atoms with Crippen LogP contribution in [0, 0.1) is 5.82 Å². The molecule has 128 valence electrons. The fraction of sp³-hybridized carbons (Fsp3) is 0.353. The van der Waals surface area contributed by atoms with Gasteiger partial charge in [-0.2, -0.15) is 0 Å². The van der Waals surface area contributed by atoms with Crippen LogP contribution in [0.3, 0.4) is 0 Å². The van der Waals surface area contributed by atoms with Crippen LogP contribution in [0.4, 0.5) is 16.0 Å². The fourth-order valence-electron chi connectivity index (χ4n) is 2.11. The summed E-state index contributed by atoms with van der Waals surface area (Å²) in [6, 6.07) is 9.62. The summed E-state index contributed by atoms with van der Waals surface area (Å²) in [7, 11) is 4.05. The number of benzene rings is 1. The van der Waals surface area contributed by atoms with Crippen molar-refractivity contribution in [1.29, 1.82) is 0 Å². The van der Waals surface area contributed by atoms with Crippen molar-refractivity contribution in [1.82, 2.24) is 15.1 Å². The first kappa shape index (κ1) is 17.8. The average molecular weight is 331 g/mol. The minimum atomic E-state index is -0.393. The van der Waals surface area contributed by atoms with Crippen molar-refractivity contribution < 1.29 is 9.18 Å². The summed E-state index contributed by atoms with van der Waals surface area (Å²) in [5.41, 5.74) is 0.349. The first-order chi connectivity index (χ1) is 11.5. The van der Waals surface area contributed by atoms with E-state index in [0.29, 0.717) is 17.2 Å². The number of amides is 1. The van der Waals surface area contributed by atoms with Crippen molar-refractivity contribution in [2.45, 2.75) is 12.8 Å². The van der Waals surface area contributed by atoms with Gasteiger partial charge in [0.15, 0.2) is 5.82 Å². The molecule has 2 aromatic rings. The van der Waals surface area contributed by atoms with Gasteiger partial charge in [0.05, 0.1) is 6.42 Å². The Kier molecular flexibility index (Phi) is 6.62. The Morgan fingerprint density at radius 1 is 1.12 bits per heavy atom. The molecule has 1 amide bonds. The first-order valence-electron chi connectivity index (χ1n) is 7.80. The average Bonchev–Trinajstić information content (AvgIpc) is 2.55. The van der Waals surface area contributed by atoms with E-state index in [-0.39, 0.29) is 12.3 Å². The Balaban J connectivity index is 1.80. The lowest BCUT2D eigenvalue weighted by molar-refractivity contribution is -0.115. The molecular formula is C17H22FN5O. The lowest BCUT2D eigenvalue weighted by Crippen LogP contribution is -2.17. The molecular weight excluding hydrogens is 309 g/mol.